The first-order valence-corrected chi connectivity index (χ1v) is 12.2. The Balaban J connectivity index is 1.80. The summed E-state index contributed by atoms with van der Waals surface area (Å²) in [5, 5.41) is 11.0. The molecule has 0 radical (unpaired) electrons. The zero-order valence-electron chi connectivity index (χ0n) is 20.7. The third-order valence-electron chi connectivity index (χ3n) is 6.44. The molecule has 3 rings (SSSR count). The minimum Gasteiger partial charge on any atom is -0.391 e. The topological polar surface area (TPSA) is 84.6 Å². The molecule has 0 heterocycles. The first-order valence-electron chi connectivity index (χ1n) is 12.2. The molecule has 0 aromatic heterocycles. The fourth-order valence-electron chi connectivity index (χ4n) is 4.30. The van der Waals surface area contributed by atoms with Gasteiger partial charge in [0.25, 0.3) is 5.91 Å². The first-order chi connectivity index (χ1) is 17.2. The summed E-state index contributed by atoms with van der Waals surface area (Å²) in [6.07, 6.45) is 0.891. The highest BCUT2D eigenvalue weighted by Crippen LogP contribution is 2.29. The van der Waals surface area contributed by atoms with Gasteiger partial charge in [0.05, 0.1) is 6.10 Å². The number of rotatable bonds is 12. The van der Waals surface area contributed by atoms with Gasteiger partial charge in [0.2, 0.25) is 0 Å². The summed E-state index contributed by atoms with van der Waals surface area (Å²) in [5.74, 6) is -1.79. The Hall–Kier alpha value is -3.13. The number of hydrogen-bond donors (Lipinski definition) is 3. The summed E-state index contributed by atoms with van der Waals surface area (Å²) >= 11 is 0. The number of halogens is 2. The third kappa shape index (κ3) is 7.68. The predicted molar refractivity (Wildman–Crippen MR) is 136 cm³/mol. The van der Waals surface area contributed by atoms with Gasteiger partial charge in [-0.3, -0.25) is 9.63 Å². The van der Waals surface area contributed by atoms with Crippen LogP contribution in [-0.2, 0) is 24.1 Å². The number of nitrogens with one attached hydrogen (secondary N) is 1. The van der Waals surface area contributed by atoms with Crippen LogP contribution in [0.4, 0.5) is 8.78 Å². The average molecular weight is 497 g/mol. The number of nitrogens with two attached hydrogens (primary N) is 1. The maximum Gasteiger partial charge on any atom is 0.274 e. The van der Waals surface area contributed by atoms with Crippen molar-refractivity contribution < 1.29 is 23.5 Å². The Morgan fingerprint density at radius 1 is 0.972 bits per heavy atom. The van der Waals surface area contributed by atoms with E-state index in [0.29, 0.717) is 24.0 Å². The van der Waals surface area contributed by atoms with Crippen molar-refractivity contribution in [1.82, 2.24) is 5.48 Å². The van der Waals surface area contributed by atoms with Crippen LogP contribution in [0.25, 0.3) is 0 Å². The number of carbonyl (C=O) groups is 1. The molecular formula is C29H34F2N2O3. The Labute approximate surface area is 211 Å². The number of hydroxylamine groups is 1. The lowest BCUT2D eigenvalue weighted by Gasteiger charge is -2.36. The maximum absolute atomic E-state index is 13.6. The molecule has 4 N–H and O–H groups in total. The maximum atomic E-state index is 13.6. The van der Waals surface area contributed by atoms with Crippen LogP contribution >= 0.6 is 0 Å². The molecule has 0 fully saturated rings. The molecule has 0 bridgehead atoms. The fraction of sp³-hybridized carbons (Fsp3) is 0.345. The van der Waals surface area contributed by atoms with Gasteiger partial charge >= 0.3 is 0 Å². The smallest absolute Gasteiger partial charge is 0.274 e. The zero-order valence-corrected chi connectivity index (χ0v) is 20.7. The second-order valence-electron chi connectivity index (χ2n) is 9.20. The van der Waals surface area contributed by atoms with Crippen molar-refractivity contribution in [2.24, 2.45) is 5.73 Å². The molecule has 0 saturated heterocycles. The Morgan fingerprint density at radius 3 is 2.28 bits per heavy atom. The van der Waals surface area contributed by atoms with Gasteiger partial charge in [-0.15, -0.1) is 0 Å². The van der Waals surface area contributed by atoms with Gasteiger partial charge < -0.3 is 10.8 Å². The van der Waals surface area contributed by atoms with E-state index in [1.54, 1.807) is 24.3 Å². The lowest BCUT2D eigenvalue weighted by Crippen LogP contribution is -2.48. The molecule has 36 heavy (non-hydrogen) atoms. The Bertz CT molecular complexity index is 1120. The van der Waals surface area contributed by atoms with E-state index in [0.717, 1.165) is 23.6 Å². The number of aliphatic hydroxyl groups excluding tert-OH is 1. The molecule has 0 saturated carbocycles. The van der Waals surface area contributed by atoms with Gasteiger partial charge in [0.15, 0.2) is 0 Å². The van der Waals surface area contributed by atoms with Crippen molar-refractivity contribution in [1.29, 1.82) is 0 Å². The van der Waals surface area contributed by atoms with Gasteiger partial charge in [0, 0.05) is 30.5 Å². The number of aliphatic hydroxyl groups is 1. The Kier molecular flexibility index (Phi) is 9.70. The lowest BCUT2D eigenvalue weighted by molar-refractivity contribution is -0.117. The lowest BCUT2D eigenvalue weighted by atomic mass is 9.83. The van der Waals surface area contributed by atoms with Crippen molar-refractivity contribution >= 4 is 5.91 Å². The van der Waals surface area contributed by atoms with E-state index >= 15 is 0 Å². The van der Waals surface area contributed by atoms with Crippen molar-refractivity contribution in [3.8, 4) is 0 Å². The predicted octanol–water partition coefficient (Wildman–Crippen LogP) is 4.90. The van der Waals surface area contributed by atoms with Crippen LogP contribution in [0, 0.1) is 11.6 Å². The van der Waals surface area contributed by atoms with E-state index in [1.807, 2.05) is 31.2 Å². The number of aryl methyl sites for hydroxylation is 1. The second-order valence-corrected chi connectivity index (χ2v) is 9.20. The molecule has 1 amide bonds. The highest BCUT2D eigenvalue weighted by atomic mass is 19.1. The number of hydrogen-bond acceptors (Lipinski definition) is 4. The second kappa shape index (κ2) is 12.7. The summed E-state index contributed by atoms with van der Waals surface area (Å²) in [5.41, 5.74) is 10.8. The van der Waals surface area contributed by atoms with E-state index in [4.69, 9.17) is 10.6 Å². The SMILES string of the molecule is CCc1cccc(CC(CC)(C[C@@H](O)[C@@H](N)Cc2cc(F)cc(F)c2)ONC(=O)c2ccccc2)c1. The van der Waals surface area contributed by atoms with Crippen LogP contribution in [0.1, 0.15) is 53.7 Å². The van der Waals surface area contributed by atoms with Crippen LogP contribution in [0.3, 0.4) is 0 Å². The molecular weight excluding hydrogens is 462 g/mol. The van der Waals surface area contributed by atoms with E-state index < -0.39 is 35.3 Å². The molecule has 192 valence electrons. The van der Waals surface area contributed by atoms with Crippen LogP contribution in [0.2, 0.25) is 0 Å². The molecule has 3 aromatic carbocycles. The van der Waals surface area contributed by atoms with Crippen molar-refractivity contribution in [3.63, 3.8) is 0 Å². The zero-order chi connectivity index (χ0) is 26.1. The monoisotopic (exact) mass is 496 g/mol. The summed E-state index contributed by atoms with van der Waals surface area (Å²) in [7, 11) is 0. The molecule has 0 aliphatic rings. The number of carbonyl (C=O) groups excluding carboxylic acids is 1. The van der Waals surface area contributed by atoms with Crippen molar-refractivity contribution in [2.45, 2.75) is 63.7 Å². The minimum atomic E-state index is -1.06. The molecule has 5 nitrogen and oxygen atoms in total. The van der Waals surface area contributed by atoms with Crippen LogP contribution < -0.4 is 11.2 Å². The van der Waals surface area contributed by atoms with Gasteiger partial charge in [-0.2, -0.15) is 0 Å². The molecule has 7 heteroatoms. The summed E-state index contributed by atoms with van der Waals surface area (Å²) < 4.78 is 27.2. The van der Waals surface area contributed by atoms with Gasteiger partial charge in [-0.05, 0) is 60.2 Å². The van der Waals surface area contributed by atoms with Crippen LogP contribution in [0.5, 0.6) is 0 Å². The number of amides is 1. The van der Waals surface area contributed by atoms with E-state index in [1.165, 1.54) is 12.1 Å². The van der Waals surface area contributed by atoms with E-state index in [2.05, 4.69) is 18.5 Å². The molecule has 0 aliphatic carbocycles. The molecule has 0 spiro atoms. The highest BCUT2D eigenvalue weighted by Gasteiger charge is 2.36. The number of benzene rings is 3. The largest absolute Gasteiger partial charge is 0.391 e. The first kappa shape index (κ1) is 27.5. The molecule has 0 aliphatic heterocycles. The average Bonchev–Trinajstić information content (AvgIpc) is 2.87. The van der Waals surface area contributed by atoms with Crippen LogP contribution in [-0.4, -0.2) is 28.8 Å². The Morgan fingerprint density at radius 2 is 1.64 bits per heavy atom. The summed E-state index contributed by atoms with van der Waals surface area (Å²) in [6.45, 7) is 3.99. The normalized spacial score (nSPS) is 14.6. The van der Waals surface area contributed by atoms with Gasteiger partial charge in [-0.1, -0.05) is 56.3 Å². The minimum absolute atomic E-state index is 0.0807. The fourth-order valence-corrected chi connectivity index (χ4v) is 4.30. The van der Waals surface area contributed by atoms with Crippen molar-refractivity contribution in [2.75, 3.05) is 0 Å². The van der Waals surface area contributed by atoms with E-state index in [-0.39, 0.29) is 12.8 Å². The molecule has 3 aromatic rings. The van der Waals surface area contributed by atoms with Gasteiger partial charge in [-0.25, -0.2) is 14.3 Å². The molecule has 3 atom stereocenters. The highest BCUT2D eigenvalue weighted by molar-refractivity contribution is 5.93. The van der Waals surface area contributed by atoms with E-state index in [9.17, 15) is 18.7 Å². The summed E-state index contributed by atoms with van der Waals surface area (Å²) in [4.78, 5) is 18.7. The van der Waals surface area contributed by atoms with Crippen molar-refractivity contribution in [3.05, 3.63) is 107 Å². The quantitative estimate of drug-likeness (QED) is 0.312. The third-order valence-corrected chi connectivity index (χ3v) is 6.44. The van der Waals surface area contributed by atoms with Gasteiger partial charge in [0.1, 0.15) is 17.2 Å². The standard InChI is InChI=1S/C29H34F2N2O3/c1-3-20-9-8-10-21(13-20)18-29(4-2,36-33-28(35)23-11-6-5-7-12-23)19-27(34)26(32)16-22-14-24(30)17-25(31)15-22/h5-15,17,26-27,34H,3-4,16,18-19,32H2,1-2H3,(H,33,35)/t26-,27+,29?/m0/s1. The van der Waals surface area contributed by atoms with Crippen LogP contribution in [0.15, 0.2) is 72.8 Å². The summed E-state index contributed by atoms with van der Waals surface area (Å²) in [6, 6.07) is 19.2. The molecule has 1 unspecified atom stereocenters.